The number of carbonyl (C=O) groups excluding carboxylic acids is 4. The van der Waals surface area contributed by atoms with Crippen molar-refractivity contribution in [2.24, 2.45) is 16.7 Å². The van der Waals surface area contributed by atoms with Gasteiger partial charge < -0.3 is 20.4 Å². The fourth-order valence-corrected chi connectivity index (χ4v) is 5.16. The fourth-order valence-electron chi connectivity index (χ4n) is 5.16. The summed E-state index contributed by atoms with van der Waals surface area (Å²) in [5.74, 6) is -1.26. The van der Waals surface area contributed by atoms with Crippen molar-refractivity contribution in [1.29, 1.82) is 0 Å². The molecule has 1 aliphatic carbocycles. The number of nitrogens with one attached hydrogen (secondary N) is 2. The molecule has 8 heteroatoms. The average molecular weight is 541 g/mol. The molecule has 0 unspecified atom stereocenters. The first-order chi connectivity index (χ1) is 18.2. The standard InChI is InChI=1S/C31H48N4O4/c1-21(32-25(36)20-22-12-8-9-13-22)27(37)33-26-28(38)34(18-16-30(2,3)4)23-14-10-11-15-24(23)35(29(26)39)19-17-31(5,6)7/h10-11,14-15,21-22,26H,8-9,12-13,16-20H2,1-7H3,(H,32,36)(H,33,37)/t21-/m0/s1. The quantitative estimate of drug-likeness (QED) is 0.439. The summed E-state index contributed by atoms with van der Waals surface area (Å²) in [6, 6.07) is 5.22. The number of benzene rings is 1. The van der Waals surface area contributed by atoms with Crippen LogP contribution in [0.5, 0.6) is 0 Å². The maximum atomic E-state index is 14.0. The summed E-state index contributed by atoms with van der Waals surface area (Å²) in [5.41, 5.74) is 1.27. The van der Waals surface area contributed by atoms with E-state index in [9.17, 15) is 19.2 Å². The SMILES string of the molecule is C[C@H](NC(=O)CC1CCCC1)C(=O)NC1C(=O)N(CCC(C)(C)C)c2ccccc2N(CCC(C)(C)C)C1=O. The second-order valence-corrected chi connectivity index (χ2v) is 13.7. The van der Waals surface area contributed by atoms with Crippen molar-refractivity contribution in [2.75, 3.05) is 22.9 Å². The minimum absolute atomic E-state index is 0.0334. The van der Waals surface area contributed by atoms with Gasteiger partial charge in [0.2, 0.25) is 11.8 Å². The normalized spacial score (nSPS) is 18.1. The highest BCUT2D eigenvalue weighted by atomic mass is 16.2. The van der Waals surface area contributed by atoms with Crippen LogP contribution < -0.4 is 20.4 Å². The molecule has 3 rings (SSSR count). The van der Waals surface area contributed by atoms with Crippen LogP contribution in [0, 0.1) is 16.7 Å². The summed E-state index contributed by atoms with van der Waals surface area (Å²) in [4.78, 5) is 57.0. The van der Waals surface area contributed by atoms with Gasteiger partial charge in [-0.25, -0.2) is 0 Å². The van der Waals surface area contributed by atoms with Gasteiger partial charge in [-0.3, -0.25) is 19.2 Å². The molecule has 4 amide bonds. The van der Waals surface area contributed by atoms with E-state index in [1.54, 1.807) is 16.7 Å². The largest absolute Gasteiger partial charge is 0.345 e. The monoisotopic (exact) mass is 540 g/mol. The Labute approximate surface area is 234 Å². The fraction of sp³-hybridized carbons (Fsp3) is 0.677. The molecule has 0 radical (unpaired) electrons. The number of fused-ring (bicyclic) bond motifs is 1. The molecular weight excluding hydrogens is 492 g/mol. The van der Waals surface area contributed by atoms with Crippen LogP contribution in [0.2, 0.25) is 0 Å². The molecule has 39 heavy (non-hydrogen) atoms. The van der Waals surface area contributed by atoms with Gasteiger partial charge in [0.15, 0.2) is 6.04 Å². The molecule has 0 bridgehead atoms. The molecule has 1 aliphatic heterocycles. The van der Waals surface area contributed by atoms with Crippen LogP contribution in [0.15, 0.2) is 24.3 Å². The number of hydrogen-bond acceptors (Lipinski definition) is 4. The van der Waals surface area contributed by atoms with Crippen LogP contribution in [-0.4, -0.2) is 48.8 Å². The zero-order valence-corrected chi connectivity index (χ0v) is 24.9. The highest BCUT2D eigenvalue weighted by Gasteiger charge is 2.42. The Hall–Kier alpha value is -2.90. The summed E-state index contributed by atoms with van der Waals surface area (Å²) in [5, 5.41) is 5.48. The highest BCUT2D eigenvalue weighted by Crippen LogP contribution is 2.35. The minimum Gasteiger partial charge on any atom is -0.345 e. The molecule has 8 nitrogen and oxygen atoms in total. The van der Waals surface area contributed by atoms with Crippen molar-refractivity contribution in [1.82, 2.24) is 10.6 Å². The third-order valence-corrected chi connectivity index (χ3v) is 7.67. The zero-order chi connectivity index (χ0) is 29.0. The van der Waals surface area contributed by atoms with Gasteiger partial charge in [0, 0.05) is 19.5 Å². The molecule has 0 aromatic heterocycles. The van der Waals surface area contributed by atoms with Gasteiger partial charge in [-0.2, -0.15) is 0 Å². The van der Waals surface area contributed by atoms with Gasteiger partial charge in [-0.1, -0.05) is 66.5 Å². The van der Waals surface area contributed by atoms with Crippen LogP contribution in [-0.2, 0) is 19.2 Å². The van der Waals surface area contributed by atoms with E-state index in [1.807, 2.05) is 24.3 Å². The van der Waals surface area contributed by atoms with Gasteiger partial charge in [-0.05, 0) is 61.5 Å². The van der Waals surface area contributed by atoms with Crippen molar-refractivity contribution in [3.05, 3.63) is 24.3 Å². The first kappa shape index (κ1) is 30.6. The Morgan fingerprint density at radius 2 is 1.33 bits per heavy atom. The van der Waals surface area contributed by atoms with Gasteiger partial charge >= 0.3 is 0 Å². The summed E-state index contributed by atoms with van der Waals surface area (Å²) in [6.45, 7) is 15.1. The Morgan fingerprint density at radius 3 is 1.77 bits per heavy atom. The van der Waals surface area contributed by atoms with E-state index in [2.05, 4.69) is 52.2 Å². The van der Waals surface area contributed by atoms with Crippen LogP contribution in [0.25, 0.3) is 0 Å². The Balaban J connectivity index is 1.86. The van der Waals surface area contributed by atoms with Crippen LogP contribution >= 0.6 is 0 Å². The van der Waals surface area contributed by atoms with E-state index in [0.29, 0.717) is 36.8 Å². The van der Waals surface area contributed by atoms with Gasteiger partial charge in [0.25, 0.3) is 11.8 Å². The topological polar surface area (TPSA) is 98.8 Å². The van der Waals surface area contributed by atoms with Gasteiger partial charge in [0.1, 0.15) is 6.04 Å². The lowest BCUT2D eigenvalue weighted by molar-refractivity contribution is -0.135. The molecule has 1 fully saturated rings. The van der Waals surface area contributed by atoms with E-state index in [-0.39, 0.29) is 16.7 Å². The van der Waals surface area contributed by atoms with E-state index in [0.717, 1.165) is 38.5 Å². The Kier molecular flexibility index (Phi) is 9.83. The predicted octanol–water partition coefficient (Wildman–Crippen LogP) is 4.81. The molecule has 2 aliphatic rings. The molecule has 216 valence electrons. The van der Waals surface area contributed by atoms with Crippen molar-refractivity contribution < 1.29 is 19.2 Å². The molecule has 0 saturated heterocycles. The van der Waals surface area contributed by atoms with Gasteiger partial charge in [-0.15, -0.1) is 0 Å². The van der Waals surface area contributed by atoms with Crippen molar-refractivity contribution in [2.45, 2.75) is 105 Å². The van der Waals surface area contributed by atoms with E-state index in [1.165, 1.54) is 0 Å². The number of carbonyl (C=O) groups is 4. The number of nitrogens with zero attached hydrogens (tertiary/aromatic N) is 2. The van der Waals surface area contributed by atoms with Crippen molar-refractivity contribution in [3.8, 4) is 0 Å². The summed E-state index contributed by atoms with van der Waals surface area (Å²) in [6.07, 6.45) is 6.19. The second-order valence-electron chi connectivity index (χ2n) is 13.7. The molecular formula is C31H48N4O4. The number of hydrogen-bond donors (Lipinski definition) is 2. The Morgan fingerprint density at radius 1 is 0.872 bits per heavy atom. The Bertz CT molecular complexity index is 992. The van der Waals surface area contributed by atoms with Crippen molar-refractivity contribution >= 4 is 35.0 Å². The maximum absolute atomic E-state index is 14.0. The van der Waals surface area contributed by atoms with E-state index in [4.69, 9.17) is 0 Å². The number of para-hydroxylation sites is 2. The lowest BCUT2D eigenvalue weighted by Gasteiger charge is -2.29. The predicted molar refractivity (Wildman–Crippen MR) is 155 cm³/mol. The van der Waals surface area contributed by atoms with Crippen molar-refractivity contribution in [3.63, 3.8) is 0 Å². The van der Waals surface area contributed by atoms with E-state index >= 15 is 0 Å². The zero-order valence-electron chi connectivity index (χ0n) is 24.9. The lowest BCUT2D eigenvalue weighted by atomic mass is 9.92. The second kappa shape index (κ2) is 12.5. The number of anilines is 2. The van der Waals surface area contributed by atoms with E-state index < -0.39 is 29.8 Å². The smallest absolute Gasteiger partial charge is 0.259 e. The lowest BCUT2D eigenvalue weighted by Crippen LogP contribution is -2.59. The molecule has 1 aromatic rings. The highest BCUT2D eigenvalue weighted by molar-refractivity contribution is 6.21. The number of amides is 4. The molecule has 1 heterocycles. The molecule has 0 spiro atoms. The molecule has 1 atom stereocenters. The van der Waals surface area contributed by atoms with Crippen LogP contribution in [0.1, 0.15) is 93.4 Å². The first-order valence-electron chi connectivity index (χ1n) is 14.5. The molecule has 1 aromatic carbocycles. The first-order valence-corrected chi connectivity index (χ1v) is 14.5. The average Bonchev–Trinajstić information content (AvgIpc) is 3.31. The van der Waals surface area contributed by atoms with Crippen LogP contribution in [0.3, 0.4) is 0 Å². The number of rotatable bonds is 9. The summed E-state index contributed by atoms with van der Waals surface area (Å²) in [7, 11) is 0. The molecule has 2 N–H and O–H groups in total. The van der Waals surface area contributed by atoms with Crippen LogP contribution in [0.4, 0.5) is 11.4 Å². The third-order valence-electron chi connectivity index (χ3n) is 7.67. The third kappa shape index (κ3) is 8.54. The summed E-state index contributed by atoms with van der Waals surface area (Å²) < 4.78 is 0. The van der Waals surface area contributed by atoms with Gasteiger partial charge in [0.05, 0.1) is 11.4 Å². The maximum Gasteiger partial charge on any atom is 0.259 e. The minimum atomic E-state index is -1.38. The molecule has 1 saturated carbocycles. The summed E-state index contributed by atoms with van der Waals surface area (Å²) >= 11 is 0.